The molecule has 152 valence electrons. The molecule has 6 heteroatoms. The predicted octanol–water partition coefficient (Wildman–Crippen LogP) is 3.07. The van der Waals surface area contributed by atoms with Gasteiger partial charge in [0.05, 0.1) is 11.5 Å². The third-order valence-electron chi connectivity index (χ3n) is 5.31. The van der Waals surface area contributed by atoms with Crippen molar-refractivity contribution in [2.24, 2.45) is 0 Å². The number of nitrogens with one attached hydrogen (secondary N) is 1. The minimum atomic E-state index is -3.27. The second kappa shape index (κ2) is 10.8. The first kappa shape index (κ1) is 21.9. The van der Waals surface area contributed by atoms with Gasteiger partial charge in [0.1, 0.15) is 0 Å². The molecular formula is C21H34N2O3S. The number of likely N-dealkylation sites (tertiary alicyclic amines) is 1. The number of carbonyl (C=O) groups excluding carboxylic acids is 1. The molecule has 0 radical (unpaired) electrons. The number of amides is 1. The molecule has 0 aliphatic carbocycles. The molecule has 0 unspecified atom stereocenters. The van der Waals surface area contributed by atoms with E-state index in [9.17, 15) is 13.2 Å². The fraction of sp³-hybridized carbons (Fsp3) is 0.667. The van der Waals surface area contributed by atoms with E-state index in [1.54, 1.807) is 0 Å². The summed E-state index contributed by atoms with van der Waals surface area (Å²) in [4.78, 5) is 14.5. The van der Waals surface area contributed by atoms with E-state index in [4.69, 9.17) is 0 Å². The zero-order valence-corrected chi connectivity index (χ0v) is 17.6. The summed E-state index contributed by atoms with van der Waals surface area (Å²) in [6.07, 6.45) is 6.01. The Hall–Kier alpha value is -1.40. The normalized spacial score (nSPS) is 18.4. The molecule has 1 aliphatic rings. The van der Waals surface area contributed by atoms with Crippen molar-refractivity contribution in [1.82, 2.24) is 10.2 Å². The first-order chi connectivity index (χ1) is 12.9. The number of rotatable bonds is 10. The molecule has 1 amide bonds. The molecule has 0 aromatic heterocycles. The van der Waals surface area contributed by atoms with Crippen LogP contribution in [0.25, 0.3) is 0 Å². The first-order valence-electron chi connectivity index (χ1n) is 10.2. The van der Waals surface area contributed by atoms with Crippen LogP contribution >= 0.6 is 0 Å². The summed E-state index contributed by atoms with van der Waals surface area (Å²) in [5, 5.41) is 2.87. The lowest BCUT2D eigenvalue weighted by atomic mass is 10.00. The van der Waals surface area contributed by atoms with Gasteiger partial charge in [-0.1, -0.05) is 43.2 Å². The Bertz CT molecular complexity index is 686. The van der Waals surface area contributed by atoms with Crippen molar-refractivity contribution in [3.05, 3.63) is 35.4 Å². The van der Waals surface area contributed by atoms with Crippen molar-refractivity contribution in [3.63, 3.8) is 0 Å². The predicted molar refractivity (Wildman–Crippen MR) is 110 cm³/mol. The molecule has 1 aliphatic heterocycles. The van der Waals surface area contributed by atoms with Crippen LogP contribution in [0.3, 0.4) is 0 Å². The number of piperidine rings is 1. The number of sulfone groups is 1. The summed E-state index contributed by atoms with van der Waals surface area (Å²) in [7, 11) is -3.27. The summed E-state index contributed by atoms with van der Waals surface area (Å²) >= 11 is 0. The highest BCUT2D eigenvalue weighted by molar-refractivity contribution is 7.90. The van der Waals surface area contributed by atoms with Crippen LogP contribution in [0.15, 0.2) is 24.3 Å². The van der Waals surface area contributed by atoms with Crippen molar-refractivity contribution in [3.8, 4) is 0 Å². The van der Waals surface area contributed by atoms with Gasteiger partial charge < -0.3 is 10.2 Å². The largest absolute Gasteiger partial charge is 0.356 e. The Kier molecular flexibility index (Phi) is 8.77. The van der Waals surface area contributed by atoms with Crippen LogP contribution in [-0.2, 0) is 20.4 Å². The van der Waals surface area contributed by atoms with Crippen molar-refractivity contribution in [2.45, 2.75) is 64.2 Å². The summed E-state index contributed by atoms with van der Waals surface area (Å²) < 4.78 is 24.4. The van der Waals surface area contributed by atoms with Gasteiger partial charge in [-0.2, -0.15) is 0 Å². The monoisotopic (exact) mass is 394 g/mol. The van der Waals surface area contributed by atoms with Gasteiger partial charge in [-0.15, -0.1) is 0 Å². The second-order valence-electron chi connectivity index (χ2n) is 7.62. The van der Waals surface area contributed by atoms with Crippen molar-refractivity contribution in [2.75, 3.05) is 25.4 Å². The van der Waals surface area contributed by atoms with Gasteiger partial charge in [-0.25, -0.2) is 8.42 Å². The highest BCUT2D eigenvalue weighted by Crippen LogP contribution is 2.19. The Balaban J connectivity index is 1.64. The van der Waals surface area contributed by atoms with Gasteiger partial charge in [0.25, 0.3) is 0 Å². The minimum absolute atomic E-state index is 0.00603. The van der Waals surface area contributed by atoms with Gasteiger partial charge >= 0.3 is 0 Å². The maximum absolute atomic E-state index is 12.2. The van der Waals surface area contributed by atoms with Crippen LogP contribution < -0.4 is 5.32 Å². The van der Waals surface area contributed by atoms with E-state index in [0.29, 0.717) is 12.6 Å². The number of carbonyl (C=O) groups is 1. The first-order valence-corrected chi connectivity index (χ1v) is 12.0. The molecule has 1 aromatic carbocycles. The van der Waals surface area contributed by atoms with E-state index in [2.05, 4.69) is 17.1 Å². The minimum Gasteiger partial charge on any atom is -0.356 e. The van der Waals surface area contributed by atoms with Crippen LogP contribution in [0.4, 0.5) is 0 Å². The van der Waals surface area contributed by atoms with Crippen LogP contribution in [0.1, 0.15) is 56.6 Å². The highest BCUT2D eigenvalue weighted by atomic mass is 32.2. The standard InChI is InChI=1S/C21H34N2O3S/c1-3-20-7-4-5-14-23(20)15-6-13-22-21(24)12-16-27(25,26)17-19-10-8-18(2)9-11-19/h8-11,20H,3-7,12-17H2,1-2H3,(H,22,24)/t20-/m1/s1. The molecule has 1 aromatic rings. The average Bonchev–Trinajstić information content (AvgIpc) is 2.65. The summed E-state index contributed by atoms with van der Waals surface area (Å²) in [6.45, 7) is 6.98. The molecular weight excluding hydrogens is 360 g/mol. The van der Waals surface area contributed by atoms with Gasteiger partial charge in [0.15, 0.2) is 9.84 Å². The zero-order chi connectivity index (χ0) is 19.7. The van der Waals surface area contributed by atoms with E-state index < -0.39 is 9.84 Å². The Morgan fingerprint density at radius 1 is 1.22 bits per heavy atom. The van der Waals surface area contributed by atoms with Crippen molar-refractivity contribution < 1.29 is 13.2 Å². The fourth-order valence-corrected chi connectivity index (χ4v) is 5.01. The molecule has 1 fully saturated rings. The molecule has 2 rings (SSSR count). The average molecular weight is 395 g/mol. The van der Waals surface area contributed by atoms with Gasteiger partial charge in [0, 0.05) is 25.6 Å². The maximum Gasteiger partial charge on any atom is 0.221 e. The number of hydrogen-bond donors (Lipinski definition) is 1. The number of nitrogens with zero attached hydrogens (tertiary/aromatic N) is 1. The smallest absolute Gasteiger partial charge is 0.221 e. The maximum atomic E-state index is 12.2. The van der Waals surface area contributed by atoms with Crippen LogP contribution in [0.5, 0.6) is 0 Å². The number of hydrogen-bond acceptors (Lipinski definition) is 4. The van der Waals surface area contributed by atoms with Crippen molar-refractivity contribution >= 4 is 15.7 Å². The van der Waals surface area contributed by atoms with Crippen LogP contribution in [0.2, 0.25) is 0 Å². The molecule has 1 N–H and O–H groups in total. The summed E-state index contributed by atoms with van der Waals surface area (Å²) in [6, 6.07) is 8.15. The van der Waals surface area contributed by atoms with E-state index in [0.717, 1.165) is 30.6 Å². The molecule has 1 saturated heterocycles. The molecule has 1 atom stereocenters. The Morgan fingerprint density at radius 3 is 2.67 bits per heavy atom. The lowest BCUT2D eigenvalue weighted by molar-refractivity contribution is -0.120. The van der Waals surface area contributed by atoms with E-state index in [1.807, 2.05) is 31.2 Å². The highest BCUT2D eigenvalue weighted by Gasteiger charge is 2.20. The van der Waals surface area contributed by atoms with E-state index >= 15 is 0 Å². The topological polar surface area (TPSA) is 66.5 Å². The van der Waals surface area contributed by atoms with Crippen molar-refractivity contribution in [1.29, 1.82) is 0 Å². The van der Waals surface area contributed by atoms with E-state index in [1.165, 1.54) is 25.7 Å². The fourth-order valence-electron chi connectivity index (χ4n) is 3.67. The molecule has 0 spiro atoms. The Morgan fingerprint density at radius 2 is 1.96 bits per heavy atom. The second-order valence-corrected chi connectivity index (χ2v) is 9.81. The van der Waals surface area contributed by atoms with Gasteiger partial charge in [-0.05, 0) is 44.7 Å². The lowest BCUT2D eigenvalue weighted by Gasteiger charge is -2.35. The zero-order valence-electron chi connectivity index (χ0n) is 16.7. The third kappa shape index (κ3) is 8.01. The molecule has 0 bridgehead atoms. The SMILES string of the molecule is CC[C@@H]1CCCCN1CCCNC(=O)CCS(=O)(=O)Cc1ccc(C)cc1. The number of aryl methyl sites for hydroxylation is 1. The van der Waals surface area contributed by atoms with Gasteiger partial charge in [-0.3, -0.25) is 4.79 Å². The summed E-state index contributed by atoms with van der Waals surface area (Å²) in [5.41, 5.74) is 1.87. The third-order valence-corrected chi connectivity index (χ3v) is 6.91. The molecule has 27 heavy (non-hydrogen) atoms. The van der Waals surface area contributed by atoms with Gasteiger partial charge in [0.2, 0.25) is 5.91 Å². The van der Waals surface area contributed by atoms with Crippen LogP contribution in [0, 0.1) is 6.92 Å². The van der Waals surface area contributed by atoms with E-state index in [-0.39, 0.29) is 23.8 Å². The Labute approximate surface area is 164 Å². The molecule has 0 saturated carbocycles. The van der Waals surface area contributed by atoms with Crippen LogP contribution in [-0.4, -0.2) is 50.7 Å². The summed E-state index contributed by atoms with van der Waals surface area (Å²) in [5.74, 6) is -0.279. The molecule has 1 heterocycles. The quantitative estimate of drug-likeness (QED) is 0.620. The number of benzene rings is 1. The molecule has 5 nitrogen and oxygen atoms in total. The lowest BCUT2D eigenvalue weighted by Crippen LogP contribution is -2.40.